The van der Waals surface area contributed by atoms with Crippen molar-refractivity contribution in [3.05, 3.63) is 76.0 Å². The van der Waals surface area contributed by atoms with Crippen LogP contribution in [0.5, 0.6) is 0 Å². The van der Waals surface area contributed by atoms with Crippen LogP contribution in [0.3, 0.4) is 0 Å². The molecule has 0 amide bonds. The standard InChI is InChI=1S/C27H30BrF2N3O2SSi/c1-27(2,3)36(34)33-20(14-21-25(30)23(37(4,5)6)15-24(28)31-21)17-9-7-8-10-18(17)26-19-12-11-16(29)13-22(19)35-32-26/h7-13,15,20,33H,14H2,1-6H3/t20-,36-/m0/s1. The Morgan fingerprint density at radius 3 is 2.49 bits per heavy atom. The number of nitrogens with zero attached hydrogens (tertiary/aromatic N) is 2. The van der Waals surface area contributed by atoms with Crippen molar-refractivity contribution in [2.75, 3.05) is 0 Å². The fourth-order valence-electron chi connectivity index (χ4n) is 4.07. The van der Waals surface area contributed by atoms with E-state index >= 15 is 4.39 Å². The van der Waals surface area contributed by atoms with E-state index in [1.165, 1.54) is 12.1 Å². The highest BCUT2D eigenvalue weighted by Crippen LogP contribution is 2.35. The molecule has 0 saturated carbocycles. The summed E-state index contributed by atoms with van der Waals surface area (Å²) in [7, 11) is -2.00. The van der Waals surface area contributed by atoms with E-state index in [1.54, 1.807) is 12.1 Å². The van der Waals surface area contributed by atoms with E-state index in [0.717, 1.165) is 11.1 Å². The molecule has 196 valence electrons. The second-order valence-corrected chi connectivity index (χ2v) is 18.9. The van der Waals surface area contributed by atoms with Crippen LogP contribution in [0.25, 0.3) is 22.2 Å². The Balaban J connectivity index is 1.86. The van der Waals surface area contributed by atoms with Crippen LogP contribution in [0, 0.1) is 11.6 Å². The van der Waals surface area contributed by atoms with Gasteiger partial charge in [0.15, 0.2) is 5.58 Å². The number of rotatable bonds is 7. The maximum absolute atomic E-state index is 15.8. The average molecular weight is 607 g/mol. The van der Waals surface area contributed by atoms with E-state index in [1.807, 2.05) is 45.0 Å². The zero-order valence-electron chi connectivity index (χ0n) is 21.7. The van der Waals surface area contributed by atoms with Crippen LogP contribution in [0.2, 0.25) is 19.6 Å². The van der Waals surface area contributed by atoms with Gasteiger partial charge < -0.3 is 9.08 Å². The molecule has 0 aliphatic heterocycles. The van der Waals surface area contributed by atoms with Crippen molar-refractivity contribution in [2.24, 2.45) is 0 Å². The highest BCUT2D eigenvalue weighted by molar-refractivity contribution is 9.10. The molecule has 5 nitrogen and oxygen atoms in total. The van der Waals surface area contributed by atoms with E-state index < -0.39 is 36.0 Å². The monoisotopic (exact) mass is 605 g/mol. The third-order valence-electron chi connectivity index (χ3n) is 6.03. The Labute approximate surface area is 228 Å². The van der Waals surface area contributed by atoms with Gasteiger partial charge in [-0.05, 0) is 65.7 Å². The van der Waals surface area contributed by atoms with Crippen LogP contribution in [-0.4, -0.2) is 27.5 Å². The van der Waals surface area contributed by atoms with Crippen molar-refractivity contribution in [1.29, 1.82) is 0 Å². The van der Waals surface area contributed by atoms with E-state index in [0.29, 0.717) is 26.5 Å². The molecule has 0 bridgehead atoms. The van der Waals surface area contributed by atoms with Gasteiger partial charge in [0.05, 0.1) is 19.8 Å². The molecule has 0 unspecified atom stereocenters. The Morgan fingerprint density at radius 1 is 1.11 bits per heavy atom. The van der Waals surface area contributed by atoms with Crippen molar-refractivity contribution >= 4 is 51.5 Å². The van der Waals surface area contributed by atoms with Gasteiger partial charge in [0, 0.05) is 34.8 Å². The zero-order chi connectivity index (χ0) is 27.1. The summed E-state index contributed by atoms with van der Waals surface area (Å²) < 4.78 is 51.5. The minimum Gasteiger partial charge on any atom is -0.598 e. The zero-order valence-corrected chi connectivity index (χ0v) is 25.1. The first-order valence-corrected chi connectivity index (χ1v) is 17.4. The molecule has 0 aliphatic rings. The molecular weight excluding hydrogens is 576 g/mol. The van der Waals surface area contributed by atoms with Gasteiger partial charge in [-0.2, -0.15) is 0 Å². The lowest BCUT2D eigenvalue weighted by atomic mass is 9.94. The van der Waals surface area contributed by atoms with Gasteiger partial charge in [-0.25, -0.2) is 13.8 Å². The molecule has 0 aliphatic carbocycles. The molecular formula is C27H30BrF2N3O2SSi. The summed E-state index contributed by atoms with van der Waals surface area (Å²) in [5.41, 5.74) is 2.63. The van der Waals surface area contributed by atoms with Gasteiger partial charge in [-0.1, -0.05) is 49.1 Å². The quantitative estimate of drug-likeness (QED) is 0.142. The number of nitrogens with one attached hydrogen (secondary N) is 1. The van der Waals surface area contributed by atoms with Gasteiger partial charge in [0.1, 0.15) is 26.7 Å². The third-order valence-corrected chi connectivity index (χ3v) is 10.0. The van der Waals surface area contributed by atoms with Gasteiger partial charge in [0.25, 0.3) is 0 Å². The molecule has 37 heavy (non-hydrogen) atoms. The van der Waals surface area contributed by atoms with Crippen LogP contribution < -0.4 is 9.91 Å². The Morgan fingerprint density at radius 2 is 1.81 bits per heavy atom. The predicted molar refractivity (Wildman–Crippen MR) is 152 cm³/mol. The van der Waals surface area contributed by atoms with Gasteiger partial charge in [-0.3, -0.25) is 0 Å². The highest BCUT2D eigenvalue weighted by Gasteiger charge is 2.33. The van der Waals surface area contributed by atoms with Crippen molar-refractivity contribution in [3.8, 4) is 11.3 Å². The summed E-state index contributed by atoms with van der Waals surface area (Å²) in [6.45, 7) is 11.9. The number of pyridine rings is 1. The van der Waals surface area contributed by atoms with E-state index in [2.05, 4.69) is 50.4 Å². The van der Waals surface area contributed by atoms with E-state index in [-0.39, 0.29) is 17.9 Å². The largest absolute Gasteiger partial charge is 0.598 e. The van der Waals surface area contributed by atoms with Crippen LogP contribution in [0.1, 0.15) is 38.1 Å². The summed E-state index contributed by atoms with van der Waals surface area (Å²) in [6.07, 6.45) is 0.159. The number of halogens is 3. The maximum Gasteiger partial charge on any atom is 0.170 e. The number of hydrogen-bond donors (Lipinski definition) is 1. The number of hydrogen-bond acceptors (Lipinski definition) is 5. The Hall–Kier alpha value is -2.11. The molecule has 2 aromatic carbocycles. The first-order valence-electron chi connectivity index (χ1n) is 11.9. The van der Waals surface area contributed by atoms with Gasteiger partial charge >= 0.3 is 0 Å². The minimum atomic E-state index is -2.00. The molecule has 0 radical (unpaired) electrons. The summed E-state index contributed by atoms with van der Waals surface area (Å²) in [5, 5.41) is 5.55. The average Bonchev–Trinajstić information content (AvgIpc) is 3.22. The summed E-state index contributed by atoms with van der Waals surface area (Å²) in [4.78, 5) is 4.48. The topological polar surface area (TPSA) is 74.0 Å². The van der Waals surface area contributed by atoms with Gasteiger partial charge in [-0.15, -0.1) is 4.72 Å². The number of aromatic nitrogens is 2. The van der Waals surface area contributed by atoms with Crippen LogP contribution >= 0.6 is 15.9 Å². The molecule has 1 N–H and O–H groups in total. The SMILES string of the molecule is CC(C)(C)[S@+]([O-])N[C@@H](Cc1nc(Br)cc([Si](C)(C)C)c1F)c1ccccc1-c1noc2cc(F)ccc12. The molecule has 2 atom stereocenters. The second kappa shape index (κ2) is 10.6. The fraction of sp³-hybridized carbons (Fsp3) is 0.333. The number of fused-ring (bicyclic) bond motifs is 1. The second-order valence-electron chi connectivity index (χ2n) is 11.0. The summed E-state index contributed by atoms with van der Waals surface area (Å²) >= 11 is 2.00. The smallest absolute Gasteiger partial charge is 0.170 e. The first-order chi connectivity index (χ1) is 17.3. The summed E-state index contributed by atoms with van der Waals surface area (Å²) in [6, 6.07) is 13.0. The van der Waals surface area contributed by atoms with Crippen molar-refractivity contribution < 1.29 is 17.9 Å². The van der Waals surface area contributed by atoms with Crippen molar-refractivity contribution in [1.82, 2.24) is 14.9 Å². The summed E-state index contributed by atoms with van der Waals surface area (Å²) in [5.74, 6) is -0.742. The van der Waals surface area contributed by atoms with Gasteiger partial charge in [0.2, 0.25) is 0 Å². The van der Waals surface area contributed by atoms with Crippen molar-refractivity contribution in [3.63, 3.8) is 0 Å². The fourth-order valence-corrected chi connectivity index (χ4v) is 6.91. The number of benzene rings is 2. The molecule has 0 fully saturated rings. The lowest BCUT2D eigenvalue weighted by Crippen LogP contribution is -2.43. The molecule has 2 heterocycles. The molecule has 4 rings (SSSR count). The third kappa shape index (κ3) is 6.14. The van der Waals surface area contributed by atoms with Crippen LogP contribution in [0.15, 0.2) is 57.7 Å². The van der Waals surface area contributed by atoms with E-state index in [4.69, 9.17) is 4.52 Å². The normalized spacial score (nSPS) is 14.2. The van der Waals surface area contributed by atoms with Crippen molar-refractivity contribution in [2.45, 2.75) is 57.6 Å². The van der Waals surface area contributed by atoms with E-state index in [9.17, 15) is 8.94 Å². The molecule has 4 aromatic rings. The molecule has 2 aromatic heterocycles. The molecule has 10 heteroatoms. The molecule has 0 saturated heterocycles. The lowest BCUT2D eigenvalue weighted by molar-refractivity contribution is 0.457. The first kappa shape index (κ1) is 27.9. The minimum absolute atomic E-state index is 0.159. The highest BCUT2D eigenvalue weighted by atomic mass is 79.9. The van der Waals surface area contributed by atoms with Crippen LogP contribution in [0.4, 0.5) is 8.78 Å². The maximum atomic E-state index is 15.8. The Bertz CT molecular complexity index is 1440. The Kier molecular flexibility index (Phi) is 7.97. The lowest BCUT2D eigenvalue weighted by Gasteiger charge is -2.29. The van der Waals surface area contributed by atoms with Crippen LogP contribution in [-0.2, 0) is 17.8 Å². The predicted octanol–water partition coefficient (Wildman–Crippen LogP) is 6.81. The molecule has 0 spiro atoms.